The Bertz CT molecular complexity index is 1300. The van der Waals surface area contributed by atoms with Crippen LogP contribution in [0.3, 0.4) is 0 Å². The van der Waals surface area contributed by atoms with Crippen molar-refractivity contribution in [1.29, 1.82) is 0 Å². The second-order valence-electron chi connectivity index (χ2n) is 8.83. The summed E-state index contributed by atoms with van der Waals surface area (Å²) in [7, 11) is 0. The molecule has 3 aromatic carbocycles. The van der Waals surface area contributed by atoms with Crippen molar-refractivity contribution in [2.24, 2.45) is 0 Å². The molecule has 4 aromatic rings. The van der Waals surface area contributed by atoms with Crippen LogP contribution in [0.1, 0.15) is 37.5 Å². The van der Waals surface area contributed by atoms with Crippen molar-refractivity contribution in [2.75, 3.05) is 0 Å². The lowest BCUT2D eigenvalue weighted by atomic mass is 9.86. The van der Waals surface area contributed by atoms with Gasteiger partial charge in [0.05, 0.1) is 5.39 Å². The minimum absolute atomic E-state index is 0.0317. The molecule has 0 saturated carbocycles. The summed E-state index contributed by atoms with van der Waals surface area (Å²) in [5.74, 6) is 0.618. The van der Waals surface area contributed by atoms with E-state index in [1.807, 2.05) is 43.3 Å². The third-order valence-electron chi connectivity index (χ3n) is 5.29. The molecule has 0 saturated heterocycles. The highest BCUT2D eigenvalue weighted by atomic mass is 35.5. The first-order valence-corrected chi connectivity index (χ1v) is 10.7. The molecule has 0 aliphatic heterocycles. The number of fused-ring (bicyclic) bond motifs is 1. The van der Waals surface area contributed by atoms with Gasteiger partial charge in [0.25, 0.3) is 0 Å². The van der Waals surface area contributed by atoms with Crippen molar-refractivity contribution < 1.29 is 9.15 Å². The summed E-state index contributed by atoms with van der Waals surface area (Å²) in [6.45, 7) is 8.79. The highest BCUT2D eigenvalue weighted by Gasteiger charge is 2.20. The topological polar surface area (TPSA) is 39.4 Å². The lowest BCUT2D eigenvalue weighted by Gasteiger charge is -2.19. The normalized spacial score (nSPS) is 11.6. The molecule has 0 atom stereocenters. The molecular formula is C27H25ClO3. The van der Waals surface area contributed by atoms with Crippen molar-refractivity contribution in [3.63, 3.8) is 0 Å². The number of rotatable bonds is 4. The van der Waals surface area contributed by atoms with E-state index < -0.39 is 0 Å². The third-order valence-corrected chi connectivity index (χ3v) is 5.52. The van der Waals surface area contributed by atoms with Gasteiger partial charge in [-0.3, -0.25) is 4.79 Å². The molecule has 31 heavy (non-hydrogen) atoms. The van der Waals surface area contributed by atoms with Crippen molar-refractivity contribution in [3.05, 3.63) is 98.7 Å². The zero-order valence-electron chi connectivity index (χ0n) is 18.2. The molecule has 3 nitrogen and oxygen atoms in total. The first-order chi connectivity index (χ1) is 14.7. The summed E-state index contributed by atoms with van der Waals surface area (Å²) in [5.41, 5.74) is 4.40. The molecule has 0 N–H and O–H groups in total. The van der Waals surface area contributed by atoms with E-state index in [4.69, 9.17) is 20.8 Å². The fourth-order valence-corrected chi connectivity index (χ4v) is 3.72. The first kappa shape index (κ1) is 21.2. The number of hydrogen-bond donors (Lipinski definition) is 0. The summed E-state index contributed by atoms with van der Waals surface area (Å²) >= 11 is 6.13. The molecule has 158 valence electrons. The maximum Gasteiger partial charge on any atom is 0.235 e. The highest BCUT2D eigenvalue weighted by Crippen LogP contribution is 2.33. The molecule has 0 spiro atoms. The van der Waals surface area contributed by atoms with Crippen molar-refractivity contribution >= 4 is 22.6 Å². The second-order valence-corrected chi connectivity index (χ2v) is 9.27. The molecule has 4 heteroatoms. The molecule has 1 aromatic heterocycles. The number of benzene rings is 3. The monoisotopic (exact) mass is 432 g/mol. The number of aryl methyl sites for hydroxylation is 1. The fraction of sp³-hybridized carbons (Fsp3) is 0.222. The van der Waals surface area contributed by atoms with Crippen molar-refractivity contribution in [3.8, 4) is 17.1 Å². The van der Waals surface area contributed by atoms with E-state index in [1.54, 1.807) is 18.2 Å². The fourth-order valence-electron chi connectivity index (χ4n) is 3.55. The van der Waals surface area contributed by atoms with E-state index in [0.29, 0.717) is 21.8 Å². The van der Waals surface area contributed by atoms with Crippen LogP contribution in [0.25, 0.3) is 22.3 Å². The lowest BCUT2D eigenvalue weighted by Crippen LogP contribution is -2.11. The Balaban J connectivity index is 1.83. The van der Waals surface area contributed by atoms with Crippen LogP contribution >= 0.6 is 11.6 Å². The van der Waals surface area contributed by atoms with Gasteiger partial charge in [0, 0.05) is 10.6 Å². The molecule has 0 bridgehead atoms. The van der Waals surface area contributed by atoms with Gasteiger partial charge in [0.1, 0.15) is 12.2 Å². The predicted octanol–water partition coefficient (Wildman–Crippen LogP) is 7.30. The second kappa shape index (κ2) is 8.24. The Hall–Kier alpha value is -3.04. The molecule has 0 amide bonds. The van der Waals surface area contributed by atoms with Crippen LogP contribution in [0.2, 0.25) is 5.02 Å². The third kappa shape index (κ3) is 4.52. The van der Waals surface area contributed by atoms with Crippen LogP contribution in [-0.4, -0.2) is 0 Å². The Labute approximate surface area is 187 Å². The maximum absolute atomic E-state index is 13.3. The lowest BCUT2D eigenvalue weighted by molar-refractivity contribution is 0.298. The predicted molar refractivity (Wildman–Crippen MR) is 127 cm³/mol. The van der Waals surface area contributed by atoms with E-state index in [9.17, 15) is 4.79 Å². The first-order valence-electron chi connectivity index (χ1n) is 10.3. The maximum atomic E-state index is 13.3. The SMILES string of the molecule is Cc1cccc(COc2c(-c3ccc(C(C)(C)C)cc3)oc3ccc(Cl)cc3c2=O)c1. The Morgan fingerprint density at radius 2 is 1.71 bits per heavy atom. The van der Waals surface area contributed by atoms with Crippen LogP contribution < -0.4 is 10.2 Å². The van der Waals surface area contributed by atoms with Crippen molar-refractivity contribution in [1.82, 2.24) is 0 Å². The Morgan fingerprint density at radius 3 is 2.39 bits per heavy atom. The van der Waals surface area contributed by atoms with Gasteiger partial charge in [-0.1, -0.05) is 86.5 Å². The minimum atomic E-state index is -0.230. The summed E-state index contributed by atoms with van der Waals surface area (Å²) in [6, 6.07) is 21.1. The van der Waals surface area contributed by atoms with Crippen LogP contribution in [-0.2, 0) is 12.0 Å². The van der Waals surface area contributed by atoms with Crippen molar-refractivity contribution in [2.45, 2.75) is 39.7 Å². The summed E-state index contributed by atoms with van der Waals surface area (Å²) in [6.07, 6.45) is 0. The molecule has 0 aliphatic carbocycles. The Kier molecular flexibility index (Phi) is 5.63. The largest absolute Gasteiger partial charge is 0.481 e. The zero-order chi connectivity index (χ0) is 22.2. The van der Waals surface area contributed by atoms with Gasteiger partial charge in [-0.2, -0.15) is 0 Å². The summed E-state index contributed by atoms with van der Waals surface area (Å²) < 4.78 is 12.2. The molecule has 0 unspecified atom stereocenters. The van der Waals surface area contributed by atoms with E-state index in [0.717, 1.165) is 16.7 Å². The van der Waals surface area contributed by atoms with Gasteiger partial charge < -0.3 is 9.15 Å². The number of halogens is 1. The van der Waals surface area contributed by atoms with E-state index in [-0.39, 0.29) is 23.2 Å². The molecular weight excluding hydrogens is 408 g/mol. The van der Waals surface area contributed by atoms with Gasteiger partial charge in [-0.05, 0) is 41.7 Å². The molecule has 0 aliphatic rings. The zero-order valence-corrected chi connectivity index (χ0v) is 18.9. The quantitative estimate of drug-likeness (QED) is 0.339. The Morgan fingerprint density at radius 1 is 0.968 bits per heavy atom. The van der Waals surface area contributed by atoms with Gasteiger partial charge >= 0.3 is 0 Å². The van der Waals surface area contributed by atoms with Gasteiger partial charge in [0.15, 0.2) is 5.76 Å². The summed E-state index contributed by atoms with van der Waals surface area (Å²) in [4.78, 5) is 13.3. The van der Waals surface area contributed by atoms with Gasteiger partial charge in [-0.15, -0.1) is 0 Å². The average molecular weight is 433 g/mol. The van der Waals surface area contributed by atoms with Gasteiger partial charge in [0.2, 0.25) is 11.2 Å². The van der Waals surface area contributed by atoms with Crippen LogP contribution in [0.15, 0.2) is 75.9 Å². The number of ether oxygens (including phenoxy) is 1. The highest BCUT2D eigenvalue weighted by molar-refractivity contribution is 6.31. The minimum Gasteiger partial charge on any atom is -0.481 e. The van der Waals surface area contributed by atoms with E-state index >= 15 is 0 Å². The van der Waals surface area contributed by atoms with E-state index in [2.05, 4.69) is 32.9 Å². The molecule has 0 radical (unpaired) electrons. The summed E-state index contributed by atoms with van der Waals surface area (Å²) in [5, 5.41) is 0.883. The average Bonchev–Trinajstić information content (AvgIpc) is 2.73. The van der Waals surface area contributed by atoms with Crippen LogP contribution in [0.4, 0.5) is 0 Å². The molecule has 1 heterocycles. The molecule has 4 rings (SSSR count). The van der Waals surface area contributed by atoms with Crippen LogP contribution in [0.5, 0.6) is 5.75 Å². The smallest absolute Gasteiger partial charge is 0.235 e. The molecule has 0 fully saturated rings. The standard InChI is InChI=1S/C27H25ClO3/c1-17-6-5-7-18(14-17)16-30-26-24(29)22-15-21(28)12-13-23(22)31-25(26)19-8-10-20(11-9-19)27(2,3)4/h5-15H,16H2,1-4H3. The van der Waals surface area contributed by atoms with Crippen LogP contribution in [0, 0.1) is 6.92 Å². The van der Waals surface area contributed by atoms with E-state index in [1.165, 1.54) is 5.56 Å². The number of hydrogen-bond acceptors (Lipinski definition) is 3. The van der Waals surface area contributed by atoms with Gasteiger partial charge in [-0.25, -0.2) is 0 Å².